The second kappa shape index (κ2) is 5.14. The molecule has 92 valence electrons. The van der Waals surface area contributed by atoms with Crippen molar-refractivity contribution in [1.82, 2.24) is 24.6 Å². The summed E-state index contributed by atoms with van der Waals surface area (Å²) in [6.45, 7) is 4.19. The molecule has 2 rings (SSSR count). The Labute approximate surface area is 101 Å². The van der Waals surface area contributed by atoms with Crippen LogP contribution in [0, 0.1) is 5.92 Å². The molecule has 1 atom stereocenters. The van der Waals surface area contributed by atoms with Crippen LogP contribution in [0.2, 0.25) is 0 Å². The zero-order chi connectivity index (χ0) is 12.3. The van der Waals surface area contributed by atoms with Crippen LogP contribution in [-0.2, 0) is 13.6 Å². The Morgan fingerprint density at radius 1 is 1.41 bits per heavy atom. The molecule has 2 aromatic heterocycles. The van der Waals surface area contributed by atoms with Crippen LogP contribution in [0.4, 0.5) is 0 Å². The number of aryl methyl sites for hydroxylation is 1. The van der Waals surface area contributed by atoms with Crippen LogP contribution < -0.4 is 5.32 Å². The third kappa shape index (κ3) is 2.74. The highest BCUT2D eigenvalue weighted by molar-refractivity contribution is 5.56. The van der Waals surface area contributed by atoms with Crippen LogP contribution in [-0.4, -0.2) is 32.9 Å². The van der Waals surface area contributed by atoms with Crippen molar-refractivity contribution in [3.8, 4) is 11.3 Å². The lowest BCUT2D eigenvalue weighted by atomic mass is 10.1. The highest BCUT2D eigenvalue weighted by Crippen LogP contribution is 2.18. The highest BCUT2D eigenvalue weighted by atomic mass is 15.2. The van der Waals surface area contributed by atoms with Crippen molar-refractivity contribution in [2.24, 2.45) is 13.0 Å². The molecular formula is C12H19N5. The fraction of sp³-hybridized carbons (Fsp3) is 0.500. The summed E-state index contributed by atoms with van der Waals surface area (Å²) in [6.07, 6.45) is 7.66. The minimum Gasteiger partial charge on any atom is -0.330 e. The number of rotatable bonds is 5. The van der Waals surface area contributed by atoms with E-state index >= 15 is 0 Å². The number of imidazole rings is 1. The van der Waals surface area contributed by atoms with Crippen molar-refractivity contribution in [2.45, 2.75) is 13.5 Å². The smallest absolute Gasteiger partial charge is 0.0951 e. The van der Waals surface area contributed by atoms with Gasteiger partial charge in [0, 0.05) is 25.4 Å². The highest BCUT2D eigenvalue weighted by Gasteiger charge is 2.09. The van der Waals surface area contributed by atoms with Crippen molar-refractivity contribution in [3.05, 3.63) is 24.9 Å². The molecule has 0 saturated carbocycles. The summed E-state index contributed by atoms with van der Waals surface area (Å²) in [4.78, 5) is 4.23. The maximum Gasteiger partial charge on any atom is 0.0951 e. The lowest BCUT2D eigenvalue weighted by Crippen LogP contribution is -2.20. The van der Waals surface area contributed by atoms with Gasteiger partial charge in [0.2, 0.25) is 0 Å². The SMILES string of the molecule is CNCC(C)Cn1cncc1-c1cnn(C)c1. The summed E-state index contributed by atoms with van der Waals surface area (Å²) in [5.74, 6) is 0.574. The summed E-state index contributed by atoms with van der Waals surface area (Å²) < 4.78 is 3.99. The van der Waals surface area contributed by atoms with Gasteiger partial charge in [-0.2, -0.15) is 5.10 Å². The summed E-state index contributed by atoms with van der Waals surface area (Å²) in [5, 5.41) is 7.39. The van der Waals surface area contributed by atoms with Crippen molar-refractivity contribution in [3.63, 3.8) is 0 Å². The molecule has 0 spiro atoms. The molecule has 0 aromatic carbocycles. The fourth-order valence-corrected chi connectivity index (χ4v) is 2.01. The number of nitrogens with one attached hydrogen (secondary N) is 1. The standard InChI is InChI=1S/C12H19N5/c1-10(4-13-2)7-17-9-14-6-12(17)11-5-15-16(3)8-11/h5-6,8-10,13H,4,7H2,1-3H3. The predicted molar refractivity (Wildman–Crippen MR) is 67.5 cm³/mol. The van der Waals surface area contributed by atoms with E-state index in [4.69, 9.17) is 0 Å². The molecule has 2 heterocycles. The maximum absolute atomic E-state index is 4.23. The summed E-state index contributed by atoms with van der Waals surface area (Å²) in [6, 6.07) is 0. The lowest BCUT2D eigenvalue weighted by Gasteiger charge is -2.13. The van der Waals surface area contributed by atoms with Gasteiger partial charge in [-0.25, -0.2) is 4.98 Å². The van der Waals surface area contributed by atoms with E-state index in [1.54, 1.807) is 0 Å². The Morgan fingerprint density at radius 2 is 2.24 bits per heavy atom. The molecule has 1 unspecified atom stereocenters. The third-order valence-electron chi connectivity index (χ3n) is 2.77. The number of hydrogen-bond acceptors (Lipinski definition) is 3. The van der Waals surface area contributed by atoms with Gasteiger partial charge in [-0.05, 0) is 19.5 Å². The van der Waals surface area contributed by atoms with E-state index in [0.29, 0.717) is 5.92 Å². The quantitative estimate of drug-likeness (QED) is 0.842. The summed E-state index contributed by atoms with van der Waals surface area (Å²) in [5.41, 5.74) is 2.24. The van der Waals surface area contributed by atoms with Crippen LogP contribution in [0.15, 0.2) is 24.9 Å². The number of nitrogens with zero attached hydrogens (tertiary/aromatic N) is 4. The summed E-state index contributed by atoms with van der Waals surface area (Å²) in [7, 11) is 3.90. The van der Waals surface area contributed by atoms with Gasteiger partial charge in [-0.1, -0.05) is 6.92 Å². The summed E-state index contributed by atoms with van der Waals surface area (Å²) >= 11 is 0. The van der Waals surface area contributed by atoms with E-state index in [1.807, 2.05) is 43.7 Å². The fourth-order valence-electron chi connectivity index (χ4n) is 2.01. The molecule has 0 aliphatic heterocycles. The molecule has 0 aliphatic carbocycles. The van der Waals surface area contributed by atoms with E-state index in [0.717, 1.165) is 24.3 Å². The van der Waals surface area contributed by atoms with E-state index in [1.165, 1.54) is 0 Å². The molecule has 5 heteroatoms. The number of hydrogen-bond donors (Lipinski definition) is 1. The van der Waals surface area contributed by atoms with E-state index in [-0.39, 0.29) is 0 Å². The average molecular weight is 233 g/mol. The van der Waals surface area contributed by atoms with Crippen LogP contribution in [0.25, 0.3) is 11.3 Å². The zero-order valence-electron chi connectivity index (χ0n) is 10.6. The molecule has 0 fully saturated rings. The minimum absolute atomic E-state index is 0.574. The molecular weight excluding hydrogens is 214 g/mol. The van der Waals surface area contributed by atoms with Gasteiger partial charge in [0.15, 0.2) is 0 Å². The Bertz CT molecular complexity index is 471. The molecule has 0 aliphatic rings. The molecule has 0 radical (unpaired) electrons. The Kier molecular flexibility index (Phi) is 3.58. The first-order valence-electron chi connectivity index (χ1n) is 5.84. The minimum atomic E-state index is 0.574. The van der Waals surface area contributed by atoms with Crippen LogP contribution in [0.3, 0.4) is 0 Å². The molecule has 1 N–H and O–H groups in total. The first kappa shape index (κ1) is 11.9. The Balaban J connectivity index is 2.17. The van der Waals surface area contributed by atoms with Gasteiger partial charge in [0.25, 0.3) is 0 Å². The lowest BCUT2D eigenvalue weighted by molar-refractivity contribution is 0.464. The first-order valence-corrected chi connectivity index (χ1v) is 5.84. The zero-order valence-corrected chi connectivity index (χ0v) is 10.6. The van der Waals surface area contributed by atoms with Crippen LogP contribution >= 0.6 is 0 Å². The van der Waals surface area contributed by atoms with Crippen molar-refractivity contribution in [1.29, 1.82) is 0 Å². The van der Waals surface area contributed by atoms with Crippen molar-refractivity contribution < 1.29 is 0 Å². The molecule has 17 heavy (non-hydrogen) atoms. The number of aromatic nitrogens is 4. The average Bonchev–Trinajstić information content (AvgIpc) is 2.87. The predicted octanol–water partition coefficient (Wildman–Crippen LogP) is 1.14. The topological polar surface area (TPSA) is 47.7 Å². The maximum atomic E-state index is 4.23. The molecule has 0 saturated heterocycles. The van der Waals surface area contributed by atoms with Crippen molar-refractivity contribution >= 4 is 0 Å². The second-order valence-corrected chi connectivity index (χ2v) is 4.50. The van der Waals surface area contributed by atoms with Crippen molar-refractivity contribution in [2.75, 3.05) is 13.6 Å². The molecule has 0 bridgehead atoms. The van der Waals surface area contributed by atoms with E-state index in [2.05, 4.69) is 26.9 Å². The Hall–Kier alpha value is -1.62. The Morgan fingerprint density at radius 3 is 2.88 bits per heavy atom. The second-order valence-electron chi connectivity index (χ2n) is 4.50. The van der Waals surface area contributed by atoms with Crippen LogP contribution in [0.1, 0.15) is 6.92 Å². The largest absolute Gasteiger partial charge is 0.330 e. The molecule has 5 nitrogen and oxygen atoms in total. The van der Waals surface area contributed by atoms with E-state index in [9.17, 15) is 0 Å². The van der Waals surface area contributed by atoms with Gasteiger partial charge < -0.3 is 9.88 Å². The van der Waals surface area contributed by atoms with Gasteiger partial charge >= 0.3 is 0 Å². The van der Waals surface area contributed by atoms with Gasteiger partial charge in [0.1, 0.15) is 0 Å². The van der Waals surface area contributed by atoms with Gasteiger partial charge in [-0.3, -0.25) is 4.68 Å². The van der Waals surface area contributed by atoms with Crippen LogP contribution in [0.5, 0.6) is 0 Å². The molecule has 2 aromatic rings. The van der Waals surface area contributed by atoms with E-state index < -0.39 is 0 Å². The third-order valence-corrected chi connectivity index (χ3v) is 2.77. The monoisotopic (exact) mass is 233 g/mol. The first-order chi connectivity index (χ1) is 8.20. The molecule has 0 amide bonds. The van der Waals surface area contributed by atoms with Gasteiger partial charge in [0.05, 0.1) is 24.4 Å². The normalized spacial score (nSPS) is 12.9. The van der Waals surface area contributed by atoms with Gasteiger partial charge in [-0.15, -0.1) is 0 Å².